The van der Waals surface area contributed by atoms with Gasteiger partial charge in [0, 0.05) is 58.5 Å². The summed E-state index contributed by atoms with van der Waals surface area (Å²) >= 11 is 9.19. The van der Waals surface area contributed by atoms with Crippen molar-refractivity contribution < 1.29 is 57.0 Å². The zero-order valence-corrected chi connectivity index (χ0v) is 53.1. The largest absolute Gasteiger partial charge is 0.477 e. The van der Waals surface area contributed by atoms with Gasteiger partial charge in [-0.05, 0) is 166 Å². The van der Waals surface area contributed by atoms with E-state index < -0.39 is 40.0 Å². The molecule has 0 radical (unpaired) electrons. The van der Waals surface area contributed by atoms with Crippen molar-refractivity contribution in [2.75, 3.05) is 21.3 Å². The second kappa shape index (κ2) is 27.4. The van der Waals surface area contributed by atoms with Crippen LogP contribution in [0, 0.1) is 72.5 Å². The molecule has 3 atom stereocenters. The minimum absolute atomic E-state index is 0.0134. The summed E-state index contributed by atoms with van der Waals surface area (Å²) in [5.74, 6) is 15.2. The third kappa shape index (κ3) is 19.7. The maximum absolute atomic E-state index is 13.5. The van der Waals surface area contributed by atoms with Gasteiger partial charge in [0.05, 0.1) is 33.1 Å². The summed E-state index contributed by atoms with van der Waals surface area (Å²) in [7, 11) is -5.54. The molecule has 420 valence electrons. The highest BCUT2D eigenvalue weighted by Crippen LogP contribution is 2.52. The number of rotatable bonds is 15. The van der Waals surface area contributed by atoms with Gasteiger partial charge >= 0.3 is 17.9 Å². The Hall–Kier alpha value is -5.29. The number of halogens is 1. The number of hydrogen-bond donors (Lipinski definition) is 3. The molecule has 12 nitrogen and oxygen atoms in total. The second-order valence-electron chi connectivity index (χ2n) is 21.5. The number of carboxylic acid groups (broad SMARTS) is 3. The Labute approximate surface area is 482 Å². The molecule has 0 aliphatic carbocycles. The molecule has 3 aromatic heterocycles. The van der Waals surface area contributed by atoms with E-state index >= 15 is 0 Å². The molecule has 0 saturated heterocycles. The van der Waals surface area contributed by atoms with Crippen molar-refractivity contribution in [1.82, 2.24) is 0 Å². The molecule has 0 bridgehead atoms. The number of carboxylic acids is 3. The molecule has 6 aromatic rings. The number of aromatic carboxylic acids is 3. The maximum atomic E-state index is 13.5. The molecule has 3 N–H and O–H groups in total. The van der Waals surface area contributed by atoms with Crippen LogP contribution in [0.4, 0.5) is 0 Å². The lowest BCUT2D eigenvalue weighted by molar-refractivity contribution is 0.0690. The first-order valence-corrected chi connectivity index (χ1v) is 32.8. The second-order valence-corrected chi connectivity index (χ2v) is 32.6. The Morgan fingerprint density at radius 2 is 0.785 bits per heavy atom. The fourth-order valence-electron chi connectivity index (χ4n) is 7.18. The van der Waals surface area contributed by atoms with Crippen LogP contribution in [0.5, 0.6) is 0 Å². The number of hydrogen-bond acceptors (Lipinski definition) is 12. The first-order valence-electron chi connectivity index (χ1n) is 24.6. The minimum Gasteiger partial charge on any atom is -0.477 e. The van der Waals surface area contributed by atoms with Gasteiger partial charge in [0.15, 0.2) is 0 Å². The summed E-state index contributed by atoms with van der Waals surface area (Å²) in [6.07, 6.45) is 0.0467. The standard InChI is InChI=1S/C21H25O4PS.C20H23O4PS.C19H20ClO4PS/c1-14-7-8-18(15(2)11-14)26(24,25-6)13-16-12-17(9-10-21(3,4)5)27-19(16)20(22)23;1-14-6-8-16(9-7-14)25(23,24-5)13-15-12-17(10-11-20(2,3)4)26-18(15)19(21)22;1-19(2,3)10-9-16-11-13(17(26-16)18(21)22)12-25(23,24-4)15-7-5-14(20)6-8-15/h7-8,11-12H,13H2,1-6H3,(H,22,23);6-9,12H,13H2,1-5H3,(H,21,22);5-8,11H,12H2,1-4H3,(H,21,22). The fourth-order valence-corrected chi connectivity index (χ4v) is 16.0. The van der Waals surface area contributed by atoms with E-state index in [0.717, 1.165) is 50.7 Å². The van der Waals surface area contributed by atoms with Crippen molar-refractivity contribution in [2.45, 2.75) is 102 Å². The van der Waals surface area contributed by atoms with Crippen LogP contribution in [0.2, 0.25) is 5.02 Å². The third-order valence-corrected chi connectivity index (χ3v) is 22.0. The Balaban J connectivity index is 0.000000255. The number of aryl methyl sites for hydroxylation is 3. The zero-order valence-electron chi connectivity index (χ0n) is 47.2. The number of benzene rings is 3. The summed E-state index contributed by atoms with van der Waals surface area (Å²) < 4.78 is 56.2. The van der Waals surface area contributed by atoms with E-state index in [1.165, 1.54) is 21.3 Å². The van der Waals surface area contributed by atoms with Crippen LogP contribution >= 0.6 is 67.7 Å². The summed E-state index contributed by atoms with van der Waals surface area (Å²) in [6.45, 7) is 23.7. The van der Waals surface area contributed by atoms with Crippen LogP contribution in [-0.2, 0) is 45.8 Å². The van der Waals surface area contributed by atoms with Crippen LogP contribution < -0.4 is 15.9 Å². The average Bonchev–Trinajstić information content (AvgIpc) is 4.10. The van der Waals surface area contributed by atoms with Crippen LogP contribution in [0.1, 0.15) is 139 Å². The molecule has 0 amide bonds. The maximum Gasteiger partial charge on any atom is 0.346 e. The zero-order chi connectivity index (χ0) is 59.5. The molecule has 79 heavy (non-hydrogen) atoms. The van der Waals surface area contributed by atoms with Crippen molar-refractivity contribution >= 4 is 102 Å². The van der Waals surface area contributed by atoms with Gasteiger partial charge in [0.2, 0.25) is 22.1 Å². The van der Waals surface area contributed by atoms with Gasteiger partial charge in [-0.15, -0.1) is 34.0 Å². The predicted octanol–water partition coefficient (Wildman–Crippen LogP) is 15.4. The lowest BCUT2D eigenvalue weighted by Crippen LogP contribution is -2.13. The van der Waals surface area contributed by atoms with Gasteiger partial charge in [0.1, 0.15) is 14.6 Å². The summed E-state index contributed by atoms with van der Waals surface area (Å²) in [4.78, 5) is 37.3. The predicted molar refractivity (Wildman–Crippen MR) is 325 cm³/mol. The molecule has 0 fully saturated rings. The first kappa shape index (κ1) is 66.2. The van der Waals surface area contributed by atoms with Gasteiger partial charge in [-0.2, -0.15) is 0 Å². The van der Waals surface area contributed by atoms with E-state index in [9.17, 15) is 43.4 Å². The van der Waals surface area contributed by atoms with Gasteiger partial charge in [-0.1, -0.05) is 82.5 Å². The summed E-state index contributed by atoms with van der Waals surface area (Å²) in [6, 6.07) is 24.6. The van der Waals surface area contributed by atoms with E-state index in [4.69, 9.17) is 25.2 Å². The van der Waals surface area contributed by atoms with Crippen LogP contribution in [0.15, 0.2) is 84.9 Å². The first-order chi connectivity index (χ1) is 36.5. The van der Waals surface area contributed by atoms with Gasteiger partial charge in [-0.25, -0.2) is 14.4 Å². The average molecular weight is 1210 g/mol. The topological polar surface area (TPSA) is 191 Å². The third-order valence-electron chi connectivity index (χ3n) is 11.1. The Bertz CT molecular complexity index is 3380. The number of thiophene rings is 3. The Morgan fingerprint density at radius 3 is 1.08 bits per heavy atom. The molecule has 0 saturated carbocycles. The van der Waals surface area contributed by atoms with Crippen LogP contribution in [0.3, 0.4) is 0 Å². The Morgan fingerprint density at radius 1 is 0.481 bits per heavy atom. The minimum atomic E-state index is -3.26. The monoisotopic (exact) mass is 1200 g/mol. The van der Waals surface area contributed by atoms with Gasteiger partial charge in [-0.3, -0.25) is 13.7 Å². The molecular formula is C60H68ClO12P3S3. The van der Waals surface area contributed by atoms with Crippen LogP contribution in [-0.4, -0.2) is 54.6 Å². The molecule has 3 aromatic carbocycles. The smallest absolute Gasteiger partial charge is 0.346 e. The molecular weight excluding hydrogens is 1140 g/mol. The highest BCUT2D eigenvalue weighted by molar-refractivity contribution is 7.67. The molecule has 6 rings (SSSR count). The van der Waals surface area contributed by atoms with Crippen molar-refractivity contribution in [1.29, 1.82) is 0 Å². The lowest BCUT2D eigenvalue weighted by atomic mass is 9.98. The quantitative estimate of drug-likeness (QED) is 0.0652. The van der Waals surface area contributed by atoms with Gasteiger partial charge < -0.3 is 28.9 Å². The molecule has 0 aliphatic heterocycles. The SMILES string of the molecule is COP(=O)(Cc1cc(C#CC(C)(C)C)sc1C(=O)O)c1ccc(C)cc1.COP(=O)(Cc1cc(C#CC(C)(C)C)sc1C(=O)O)c1ccc(C)cc1C.COP(=O)(Cc1cc(C#CC(C)(C)C)sc1C(=O)O)c1ccc(Cl)cc1. The molecule has 19 heteroatoms. The van der Waals surface area contributed by atoms with Crippen molar-refractivity contribution in [3.8, 4) is 35.5 Å². The highest BCUT2D eigenvalue weighted by atomic mass is 35.5. The molecule has 3 heterocycles. The van der Waals surface area contributed by atoms with E-state index in [2.05, 4.69) is 35.5 Å². The van der Waals surface area contributed by atoms with Crippen molar-refractivity contribution in [2.24, 2.45) is 16.2 Å². The summed E-state index contributed by atoms with van der Waals surface area (Å²) in [5.41, 5.74) is 3.88. The van der Waals surface area contributed by atoms with Crippen molar-refractivity contribution in [3.05, 3.63) is 153 Å². The molecule has 3 unspecified atom stereocenters. The molecule has 0 spiro atoms. The van der Waals surface area contributed by atoms with E-state index in [-0.39, 0.29) is 49.4 Å². The van der Waals surface area contributed by atoms with E-state index in [1.54, 1.807) is 54.6 Å². The van der Waals surface area contributed by atoms with Gasteiger partial charge in [0.25, 0.3) is 0 Å². The molecule has 0 aliphatic rings. The Kier molecular flexibility index (Phi) is 23.0. The lowest BCUT2D eigenvalue weighted by Gasteiger charge is -2.19. The summed E-state index contributed by atoms with van der Waals surface area (Å²) in [5, 5.41) is 30.8. The van der Waals surface area contributed by atoms with Crippen molar-refractivity contribution in [3.63, 3.8) is 0 Å². The van der Waals surface area contributed by atoms with E-state index in [1.807, 2.05) is 113 Å². The number of carbonyl (C=O) groups is 3. The fraction of sp³-hybridized carbons (Fsp3) is 0.350. The van der Waals surface area contributed by atoms with Crippen LogP contribution in [0.25, 0.3) is 0 Å². The normalized spacial score (nSPS) is 13.6. The highest BCUT2D eigenvalue weighted by Gasteiger charge is 2.32. The van der Waals surface area contributed by atoms with E-state index in [0.29, 0.717) is 52.3 Å².